The highest BCUT2D eigenvalue weighted by atomic mass is 35.5. The van der Waals surface area contributed by atoms with Crippen LogP contribution in [0.15, 0.2) is 54.9 Å². The predicted molar refractivity (Wildman–Crippen MR) is 109 cm³/mol. The van der Waals surface area contributed by atoms with Crippen molar-refractivity contribution in [2.24, 2.45) is 0 Å². The van der Waals surface area contributed by atoms with Crippen molar-refractivity contribution in [3.8, 4) is 0 Å². The Morgan fingerprint density at radius 2 is 1.97 bits per heavy atom. The fourth-order valence-corrected chi connectivity index (χ4v) is 3.75. The number of benzene rings is 2. The summed E-state index contributed by atoms with van der Waals surface area (Å²) in [6.07, 6.45) is 2.31. The van der Waals surface area contributed by atoms with Gasteiger partial charge in [0.05, 0.1) is 24.7 Å². The van der Waals surface area contributed by atoms with Gasteiger partial charge in [-0.15, -0.1) is 0 Å². The molecule has 2 amide bonds. The summed E-state index contributed by atoms with van der Waals surface area (Å²) in [4.78, 5) is 34.0. The molecule has 0 fully saturated rings. The zero-order chi connectivity index (χ0) is 20.4. The number of imidazole rings is 1. The zero-order valence-corrected chi connectivity index (χ0v) is 16.4. The van der Waals surface area contributed by atoms with Gasteiger partial charge in [0, 0.05) is 29.4 Å². The van der Waals surface area contributed by atoms with Crippen molar-refractivity contribution in [1.29, 1.82) is 0 Å². The Kier molecular flexibility index (Phi) is 5.22. The van der Waals surface area contributed by atoms with Crippen LogP contribution in [0.3, 0.4) is 0 Å². The third-order valence-corrected chi connectivity index (χ3v) is 5.29. The van der Waals surface area contributed by atoms with E-state index in [4.69, 9.17) is 16.3 Å². The van der Waals surface area contributed by atoms with Crippen LogP contribution in [-0.2, 0) is 11.2 Å². The van der Waals surface area contributed by atoms with Gasteiger partial charge in [0.15, 0.2) is 0 Å². The average Bonchev–Trinajstić information content (AvgIpc) is 3.22. The highest BCUT2D eigenvalue weighted by Gasteiger charge is 2.35. The molecule has 1 atom stereocenters. The van der Waals surface area contributed by atoms with Crippen LogP contribution in [0.4, 0.5) is 10.5 Å². The van der Waals surface area contributed by atoms with E-state index in [9.17, 15) is 9.59 Å². The number of amides is 2. The largest absolute Gasteiger partial charge is 0.465 e. The van der Waals surface area contributed by atoms with Crippen LogP contribution in [0.2, 0.25) is 5.02 Å². The third-order valence-electron chi connectivity index (χ3n) is 4.94. The van der Waals surface area contributed by atoms with E-state index in [1.165, 1.54) is 7.11 Å². The first-order valence-electron chi connectivity index (χ1n) is 9.11. The lowest BCUT2D eigenvalue weighted by atomic mass is 9.96. The SMILES string of the molecule is COC(=O)c1ccc(NC(=O)N2CCc3[nH]cnc3[C@H]2c2ccccc2Cl)cc1. The number of methoxy groups -OCH3 is 1. The maximum atomic E-state index is 13.1. The molecule has 0 aliphatic carbocycles. The lowest BCUT2D eigenvalue weighted by Crippen LogP contribution is -2.43. The van der Waals surface area contributed by atoms with Crippen LogP contribution in [-0.4, -0.2) is 40.5 Å². The fourth-order valence-electron chi connectivity index (χ4n) is 3.51. The van der Waals surface area contributed by atoms with Crippen molar-refractivity contribution in [3.05, 3.63) is 82.4 Å². The van der Waals surface area contributed by atoms with Gasteiger partial charge in [0.1, 0.15) is 6.04 Å². The molecule has 0 unspecified atom stereocenters. The van der Waals surface area contributed by atoms with Gasteiger partial charge in [-0.1, -0.05) is 29.8 Å². The maximum Gasteiger partial charge on any atom is 0.337 e. The van der Waals surface area contributed by atoms with Crippen LogP contribution in [0, 0.1) is 0 Å². The van der Waals surface area contributed by atoms with E-state index < -0.39 is 12.0 Å². The third kappa shape index (κ3) is 3.69. The second-order valence-electron chi connectivity index (χ2n) is 6.63. The van der Waals surface area contributed by atoms with Gasteiger partial charge >= 0.3 is 12.0 Å². The van der Waals surface area contributed by atoms with Crippen LogP contribution < -0.4 is 5.32 Å². The molecule has 0 saturated heterocycles. The van der Waals surface area contributed by atoms with Crippen LogP contribution in [0.25, 0.3) is 0 Å². The Morgan fingerprint density at radius 3 is 2.69 bits per heavy atom. The lowest BCUT2D eigenvalue weighted by Gasteiger charge is -2.35. The molecular formula is C21H19ClN4O3. The van der Waals surface area contributed by atoms with Gasteiger partial charge < -0.3 is 19.9 Å². The number of H-pyrrole nitrogens is 1. The number of urea groups is 1. The number of fused-ring (bicyclic) bond motifs is 1. The number of carbonyl (C=O) groups excluding carboxylic acids is 2. The first-order valence-corrected chi connectivity index (χ1v) is 9.49. The number of nitrogens with zero attached hydrogens (tertiary/aromatic N) is 2. The molecule has 3 aromatic rings. The number of hydrogen-bond donors (Lipinski definition) is 2. The summed E-state index contributed by atoms with van der Waals surface area (Å²) in [5.41, 5.74) is 3.60. The van der Waals surface area contributed by atoms with Crippen molar-refractivity contribution in [1.82, 2.24) is 14.9 Å². The van der Waals surface area contributed by atoms with E-state index in [0.29, 0.717) is 29.2 Å². The lowest BCUT2D eigenvalue weighted by molar-refractivity contribution is 0.0600. The Labute approximate surface area is 172 Å². The number of hydrogen-bond acceptors (Lipinski definition) is 4. The van der Waals surface area contributed by atoms with E-state index in [1.54, 1.807) is 41.6 Å². The van der Waals surface area contributed by atoms with E-state index in [2.05, 4.69) is 15.3 Å². The van der Waals surface area contributed by atoms with E-state index in [1.807, 2.05) is 18.2 Å². The number of aromatic amines is 1. The monoisotopic (exact) mass is 410 g/mol. The van der Waals surface area contributed by atoms with E-state index in [-0.39, 0.29) is 6.03 Å². The highest BCUT2D eigenvalue weighted by molar-refractivity contribution is 6.31. The molecule has 2 N–H and O–H groups in total. The molecule has 4 rings (SSSR count). The standard InChI is InChI=1S/C21H19ClN4O3/c1-29-20(27)13-6-8-14(9-7-13)25-21(28)26-11-10-17-18(24-12-23-17)19(26)15-4-2-3-5-16(15)22/h2-9,12,19H,10-11H2,1H3,(H,23,24)(H,25,28)/t19-/m1/s1. The minimum atomic E-state index is -0.427. The number of carbonyl (C=O) groups is 2. The smallest absolute Gasteiger partial charge is 0.337 e. The second kappa shape index (κ2) is 7.97. The van der Waals surface area contributed by atoms with Gasteiger partial charge in [-0.3, -0.25) is 0 Å². The molecule has 7 nitrogen and oxygen atoms in total. The first kappa shape index (κ1) is 19.0. The topological polar surface area (TPSA) is 87.3 Å². The maximum absolute atomic E-state index is 13.1. The quantitative estimate of drug-likeness (QED) is 0.638. The molecule has 1 aromatic heterocycles. The number of nitrogens with one attached hydrogen (secondary N) is 2. The van der Waals surface area contributed by atoms with E-state index >= 15 is 0 Å². The zero-order valence-electron chi connectivity index (χ0n) is 15.7. The molecule has 1 aliphatic rings. The van der Waals surface area contributed by atoms with Crippen molar-refractivity contribution in [3.63, 3.8) is 0 Å². The molecule has 0 spiro atoms. The molecule has 8 heteroatoms. The Balaban J connectivity index is 1.61. The molecule has 0 saturated carbocycles. The van der Waals surface area contributed by atoms with Crippen molar-refractivity contribution < 1.29 is 14.3 Å². The van der Waals surface area contributed by atoms with Crippen LogP contribution in [0.1, 0.15) is 33.4 Å². The summed E-state index contributed by atoms with van der Waals surface area (Å²) in [6, 6.07) is 13.3. The molecule has 148 valence electrons. The van der Waals surface area contributed by atoms with Gasteiger partial charge in [-0.25, -0.2) is 14.6 Å². The molecule has 2 heterocycles. The molecule has 0 radical (unpaired) electrons. The van der Waals surface area contributed by atoms with Gasteiger partial charge in [0.2, 0.25) is 0 Å². The van der Waals surface area contributed by atoms with Gasteiger partial charge in [-0.05, 0) is 35.9 Å². The summed E-state index contributed by atoms with van der Waals surface area (Å²) >= 11 is 6.44. The summed E-state index contributed by atoms with van der Waals surface area (Å²) in [6.45, 7) is 0.511. The number of anilines is 1. The highest BCUT2D eigenvalue weighted by Crippen LogP contribution is 2.37. The second-order valence-corrected chi connectivity index (χ2v) is 7.04. The number of ether oxygens (including phenoxy) is 1. The predicted octanol–water partition coefficient (Wildman–Crippen LogP) is 4.03. The molecule has 1 aliphatic heterocycles. The van der Waals surface area contributed by atoms with Crippen molar-refractivity contribution in [2.75, 3.05) is 19.0 Å². The van der Waals surface area contributed by atoms with E-state index in [0.717, 1.165) is 17.0 Å². The number of esters is 1. The normalized spacial score (nSPS) is 15.5. The Hall–Kier alpha value is -3.32. The van der Waals surface area contributed by atoms with Crippen molar-refractivity contribution in [2.45, 2.75) is 12.5 Å². The minimum Gasteiger partial charge on any atom is -0.465 e. The fraction of sp³-hybridized carbons (Fsp3) is 0.190. The molecule has 2 aromatic carbocycles. The Morgan fingerprint density at radius 1 is 1.21 bits per heavy atom. The molecular weight excluding hydrogens is 392 g/mol. The minimum absolute atomic E-state index is 0.269. The average molecular weight is 411 g/mol. The first-order chi connectivity index (χ1) is 14.1. The van der Waals surface area contributed by atoms with Gasteiger partial charge in [0.25, 0.3) is 0 Å². The summed E-state index contributed by atoms with van der Waals surface area (Å²) in [7, 11) is 1.33. The number of aromatic nitrogens is 2. The van der Waals surface area contributed by atoms with Crippen LogP contribution in [0.5, 0.6) is 0 Å². The Bertz CT molecular complexity index is 1050. The van der Waals surface area contributed by atoms with Crippen LogP contribution >= 0.6 is 11.6 Å². The number of rotatable bonds is 3. The summed E-state index contributed by atoms with van der Waals surface area (Å²) < 4.78 is 4.70. The number of halogens is 1. The summed E-state index contributed by atoms with van der Waals surface area (Å²) in [5, 5.41) is 3.47. The molecule has 29 heavy (non-hydrogen) atoms. The van der Waals surface area contributed by atoms with Gasteiger partial charge in [-0.2, -0.15) is 0 Å². The summed E-state index contributed by atoms with van der Waals surface area (Å²) in [5.74, 6) is -0.427. The van der Waals surface area contributed by atoms with Crippen molar-refractivity contribution >= 4 is 29.3 Å². The molecule has 0 bridgehead atoms.